The Hall–Kier alpha value is -2.86. The van der Waals surface area contributed by atoms with Gasteiger partial charge in [0.15, 0.2) is 9.84 Å². The molecule has 6 heteroatoms. The number of sulfone groups is 1. The van der Waals surface area contributed by atoms with Crippen molar-refractivity contribution in [2.75, 3.05) is 11.6 Å². The predicted molar refractivity (Wildman–Crippen MR) is 98.7 cm³/mol. The highest BCUT2D eigenvalue weighted by atomic mass is 32.2. The Morgan fingerprint density at radius 3 is 2.44 bits per heavy atom. The summed E-state index contributed by atoms with van der Waals surface area (Å²) < 4.78 is 24.8. The van der Waals surface area contributed by atoms with Crippen LogP contribution in [0.25, 0.3) is 5.69 Å². The largest absolute Gasteiger partial charge is 0.324 e. The normalized spacial score (nSPS) is 11.2. The molecule has 0 unspecified atom stereocenters. The molecule has 1 amide bonds. The van der Waals surface area contributed by atoms with Gasteiger partial charge in [-0.25, -0.2) is 8.42 Å². The number of aromatic nitrogens is 1. The van der Waals surface area contributed by atoms with Gasteiger partial charge in [-0.1, -0.05) is 18.2 Å². The van der Waals surface area contributed by atoms with E-state index in [-0.39, 0.29) is 11.7 Å². The van der Waals surface area contributed by atoms with Crippen LogP contribution in [0, 0.1) is 0 Å². The molecule has 0 spiro atoms. The smallest absolute Gasteiger partial charge is 0.255 e. The van der Waals surface area contributed by atoms with Crippen LogP contribution in [0.5, 0.6) is 0 Å². The second-order valence-electron chi connectivity index (χ2n) is 5.87. The maximum atomic E-state index is 12.5. The summed E-state index contributed by atoms with van der Waals surface area (Å²) in [7, 11) is -3.12. The minimum atomic E-state index is -3.12. The highest BCUT2D eigenvalue weighted by molar-refractivity contribution is 7.89. The topological polar surface area (TPSA) is 68.2 Å². The number of benzene rings is 2. The summed E-state index contributed by atoms with van der Waals surface area (Å²) in [5, 5.41) is 2.81. The molecule has 0 aliphatic rings. The zero-order chi connectivity index (χ0) is 17.9. The molecular formula is C19H18N2O3S. The molecule has 3 aromatic rings. The number of hydrogen-bond donors (Lipinski definition) is 1. The molecule has 2 aromatic carbocycles. The van der Waals surface area contributed by atoms with Crippen molar-refractivity contribution in [1.29, 1.82) is 0 Å². The summed E-state index contributed by atoms with van der Waals surface area (Å²) in [6.07, 6.45) is 5.00. The van der Waals surface area contributed by atoms with Gasteiger partial charge in [0, 0.05) is 35.6 Å². The minimum absolute atomic E-state index is 0.0557. The van der Waals surface area contributed by atoms with Gasteiger partial charge in [-0.3, -0.25) is 4.79 Å². The molecule has 1 aromatic heterocycles. The molecule has 0 bridgehead atoms. The lowest BCUT2D eigenvalue weighted by molar-refractivity contribution is 0.102. The third-order valence-electron chi connectivity index (χ3n) is 3.62. The highest BCUT2D eigenvalue weighted by Gasteiger charge is 2.09. The van der Waals surface area contributed by atoms with Gasteiger partial charge < -0.3 is 9.88 Å². The number of nitrogens with zero attached hydrogens (tertiary/aromatic N) is 1. The van der Waals surface area contributed by atoms with Crippen molar-refractivity contribution >= 4 is 21.4 Å². The average molecular weight is 354 g/mol. The Morgan fingerprint density at radius 1 is 1.00 bits per heavy atom. The van der Waals surface area contributed by atoms with E-state index >= 15 is 0 Å². The zero-order valence-corrected chi connectivity index (χ0v) is 14.5. The first kappa shape index (κ1) is 17.0. The van der Waals surface area contributed by atoms with E-state index in [1.165, 1.54) is 6.26 Å². The van der Waals surface area contributed by atoms with E-state index in [1.54, 1.807) is 36.4 Å². The number of nitrogens with one attached hydrogen (secondary N) is 1. The monoisotopic (exact) mass is 354 g/mol. The lowest BCUT2D eigenvalue weighted by Crippen LogP contribution is -2.12. The molecule has 128 valence electrons. The fourth-order valence-corrected chi connectivity index (χ4v) is 3.34. The van der Waals surface area contributed by atoms with Crippen LogP contribution in [0.3, 0.4) is 0 Å². The Morgan fingerprint density at radius 2 is 1.72 bits per heavy atom. The van der Waals surface area contributed by atoms with Gasteiger partial charge in [0.1, 0.15) is 0 Å². The SMILES string of the molecule is CS(=O)(=O)Cc1cccc(NC(=O)c2cccc(-n3cccc3)c2)c1. The van der Waals surface area contributed by atoms with Crippen molar-refractivity contribution in [3.8, 4) is 5.69 Å². The summed E-state index contributed by atoms with van der Waals surface area (Å²) in [5.74, 6) is -0.301. The fraction of sp³-hybridized carbons (Fsp3) is 0.105. The van der Waals surface area contributed by atoms with Gasteiger partial charge >= 0.3 is 0 Å². The summed E-state index contributed by atoms with van der Waals surface area (Å²) in [6.45, 7) is 0. The van der Waals surface area contributed by atoms with Crippen LogP contribution in [0.15, 0.2) is 73.1 Å². The predicted octanol–water partition coefficient (Wildman–Crippen LogP) is 3.27. The standard InChI is InChI=1S/C19H18N2O3S/c1-25(23,24)14-15-6-4-8-17(12-15)20-19(22)16-7-5-9-18(13-16)21-10-2-3-11-21/h2-13H,14H2,1H3,(H,20,22). The van der Waals surface area contributed by atoms with Gasteiger partial charge in [0.25, 0.3) is 5.91 Å². The molecule has 1 N–H and O–H groups in total. The van der Waals surface area contributed by atoms with E-state index in [4.69, 9.17) is 0 Å². The van der Waals surface area contributed by atoms with E-state index in [9.17, 15) is 13.2 Å². The molecule has 1 heterocycles. The van der Waals surface area contributed by atoms with Crippen LogP contribution in [-0.4, -0.2) is 25.1 Å². The summed E-state index contributed by atoms with van der Waals surface area (Å²) in [5.41, 5.74) is 2.63. The van der Waals surface area contributed by atoms with Crippen LogP contribution in [0.1, 0.15) is 15.9 Å². The van der Waals surface area contributed by atoms with Crippen LogP contribution >= 0.6 is 0 Å². The Kier molecular flexibility index (Phi) is 4.72. The van der Waals surface area contributed by atoms with E-state index < -0.39 is 9.84 Å². The first-order chi connectivity index (χ1) is 11.9. The molecule has 5 nitrogen and oxygen atoms in total. The molecule has 0 saturated carbocycles. The maximum absolute atomic E-state index is 12.5. The van der Waals surface area contributed by atoms with Gasteiger partial charge in [-0.2, -0.15) is 0 Å². The fourth-order valence-electron chi connectivity index (χ4n) is 2.56. The van der Waals surface area contributed by atoms with E-state index in [0.717, 1.165) is 5.69 Å². The third kappa shape index (κ3) is 4.58. The quantitative estimate of drug-likeness (QED) is 0.764. The molecule has 0 radical (unpaired) electrons. The van der Waals surface area contributed by atoms with E-state index in [0.29, 0.717) is 16.8 Å². The number of rotatable bonds is 5. The Balaban J connectivity index is 1.79. The number of hydrogen-bond acceptors (Lipinski definition) is 3. The second kappa shape index (κ2) is 6.94. The summed E-state index contributed by atoms with van der Waals surface area (Å²) >= 11 is 0. The van der Waals surface area contributed by atoms with Crippen molar-refractivity contribution in [2.24, 2.45) is 0 Å². The number of carbonyl (C=O) groups excluding carboxylic acids is 1. The van der Waals surface area contributed by atoms with Gasteiger partial charge in [-0.05, 0) is 48.0 Å². The summed E-state index contributed by atoms with van der Waals surface area (Å²) in [4.78, 5) is 12.5. The third-order valence-corrected chi connectivity index (χ3v) is 4.48. The Labute approximate surface area is 146 Å². The van der Waals surface area contributed by atoms with Crippen LogP contribution < -0.4 is 5.32 Å². The summed E-state index contributed by atoms with van der Waals surface area (Å²) in [6, 6.07) is 18.0. The zero-order valence-electron chi connectivity index (χ0n) is 13.7. The molecule has 0 fully saturated rings. The number of anilines is 1. The molecule has 0 atom stereocenters. The highest BCUT2D eigenvalue weighted by Crippen LogP contribution is 2.16. The number of amides is 1. The van der Waals surface area contributed by atoms with Gasteiger partial charge in [0.2, 0.25) is 0 Å². The van der Waals surface area contributed by atoms with Crippen molar-refractivity contribution in [3.63, 3.8) is 0 Å². The lowest BCUT2D eigenvalue weighted by atomic mass is 10.1. The second-order valence-corrected chi connectivity index (χ2v) is 8.01. The van der Waals surface area contributed by atoms with Gasteiger partial charge in [0.05, 0.1) is 5.75 Å². The van der Waals surface area contributed by atoms with Crippen molar-refractivity contribution in [3.05, 3.63) is 84.2 Å². The van der Waals surface area contributed by atoms with Crippen molar-refractivity contribution < 1.29 is 13.2 Å². The Bertz CT molecular complexity index is 993. The number of carbonyl (C=O) groups is 1. The van der Waals surface area contributed by atoms with Crippen LogP contribution in [0.4, 0.5) is 5.69 Å². The van der Waals surface area contributed by atoms with Gasteiger partial charge in [-0.15, -0.1) is 0 Å². The van der Waals surface area contributed by atoms with Crippen molar-refractivity contribution in [1.82, 2.24) is 4.57 Å². The minimum Gasteiger partial charge on any atom is -0.324 e. The van der Waals surface area contributed by atoms with Crippen LogP contribution in [0.2, 0.25) is 0 Å². The maximum Gasteiger partial charge on any atom is 0.255 e. The molecule has 0 aliphatic heterocycles. The lowest BCUT2D eigenvalue weighted by Gasteiger charge is -2.09. The molecule has 0 aliphatic carbocycles. The molecule has 25 heavy (non-hydrogen) atoms. The van der Waals surface area contributed by atoms with Crippen LogP contribution in [-0.2, 0) is 15.6 Å². The van der Waals surface area contributed by atoms with E-state index in [1.807, 2.05) is 41.2 Å². The average Bonchev–Trinajstić information content (AvgIpc) is 3.08. The van der Waals surface area contributed by atoms with E-state index in [2.05, 4.69) is 5.32 Å². The molecular weight excluding hydrogens is 336 g/mol. The molecule has 0 saturated heterocycles. The first-order valence-electron chi connectivity index (χ1n) is 7.72. The van der Waals surface area contributed by atoms with Crippen molar-refractivity contribution in [2.45, 2.75) is 5.75 Å². The first-order valence-corrected chi connectivity index (χ1v) is 9.78. The molecule has 3 rings (SSSR count).